The number of hydrogen-bond donors (Lipinski definition) is 0. The van der Waals surface area contributed by atoms with Gasteiger partial charge in [-0.15, -0.1) is 0 Å². The van der Waals surface area contributed by atoms with Crippen LogP contribution in [0.2, 0.25) is 0 Å². The second-order valence-corrected chi connectivity index (χ2v) is 9.45. The van der Waals surface area contributed by atoms with E-state index in [-0.39, 0.29) is 5.75 Å². The van der Waals surface area contributed by atoms with Crippen molar-refractivity contribution < 1.29 is 13.5 Å². The van der Waals surface area contributed by atoms with Gasteiger partial charge in [0.05, 0.1) is 7.11 Å². The number of halogens is 2. The molecule has 1 nitrogen and oxygen atoms in total. The van der Waals surface area contributed by atoms with Gasteiger partial charge in [0.2, 0.25) is 0 Å². The van der Waals surface area contributed by atoms with Gasteiger partial charge in [0.1, 0.15) is 0 Å². The minimum absolute atomic E-state index is 0.323. The Morgan fingerprint density at radius 3 is 2.20 bits per heavy atom. The van der Waals surface area contributed by atoms with E-state index in [0.29, 0.717) is 11.5 Å². The van der Waals surface area contributed by atoms with Crippen molar-refractivity contribution in [2.24, 2.45) is 17.8 Å². The summed E-state index contributed by atoms with van der Waals surface area (Å²) in [6.07, 6.45) is 12.3. The molecule has 2 aliphatic rings. The average Bonchev–Trinajstić information content (AvgIpc) is 2.77. The van der Waals surface area contributed by atoms with Crippen LogP contribution in [0.3, 0.4) is 0 Å². The van der Waals surface area contributed by atoms with E-state index in [0.717, 1.165) is 23.3 Å². The van der Waals surface area contributed by atoms with Crippen molar-refractivity contribution in [2.75, 3.05) is 7.11 Å². The first-order chi connectivity index (χ1) is 14.6. The first-order valence-corrected chi connectivity index (χ1v) is 11.7. The number of ether oxygens (including phenoxy) is 1. The standard InChI is InChI=1S/C27H34F2O/c1-3-4-5-18-6-7-23-15-22(13-12-21(23)14-18)19-8-10-20(11-9-19)24-16-25(28)27(30-2)26(29)17-24/h8-11,16-18,21-23H,3-7,12-15H2,1-2H3/t18?,21-,22-,23-/m1/s1. The van der Waals surface area contributed by atoms with E-state index in [2.05, 4.69) is 19.1 Å². The highest BCUT2D eigenvalue weighted by molar-refractivity contribution is 5.65. The van der Waals surface area contributed by atoms with Crippen molar-refractivity contribution in [3.63, 3.8) is 0 Å². The fourth-order valence-electron chi connectivity index (χ4n) is 5.91. The third-order valence-corrected chi connectivity index (χ3v) is 7.61. The number of hydrogen-bond acceptors (Lipinski definition) is 1. The van der Waals surface area contributed by atoms with Gasteiger partial charge in [-0.05, 0) is 84.6 Å². The maximum Gasteiger partial charge on any atom is 0.190 e. The van der Waals surface area contributed by atoms with Gasteiger partial charge in [0, 0.05) is 0 Å². The zero-order valence-corrected chi connectivity index (χ0v) is 18.3. The Labute approximate surface area is 179 Å². The molecule has 0 bridgehead atoms. The molecule has 30 heavy (non-hydrogen) atoms. The largest absolute Gasteiger partial charge is 0.491 e. The van der Waals surface area contributed by atoms with E-state index < -0.39 is 11.6 Å². The number of benzene rings is 2. The van der Waals surface area contributed by atoms with Gasteiger partial charge in [0.15, 0.2) is 17.4 Å². The number of methoxy groups -OCH3 is 1. The first kappa shape index (κ1) is 21.3. The molecule has 0 aliphatic heterocycles. The summed E-state index contributed by atoms with van der Waals surface area (Å²) in [7, 11) is 1.28. The summed E-state index contributed by atoms with van der Waals surface area (Å²) in [5.74, 6) is 1.75. The van der Waals surface area contributed by atoms with Crippen molar-refractivity contribution >= 4 is 0 Å². The summed E-state index contributed by atoms with van der Waals surface area (Å²) in [5, 5.41) is 0. The molecule has 4 atom stereocenters. The molecule has 0 heterocycles. The van der Waals surface area contributed by atoms with Gasteiger partial charge in [-0.1, -0.05) is 56.9 Å². The molecule has 162 valence electrons. The molecule has 4 rings (SSSR count). The summed E-state index contributed by atoms with van der Waals surface area (Å²) in [5.41, 5.74) is 2.76. The van der Waals surface area contributed by atoms with Crippen LogP contribution in [0.15, 0.2) is 36.4 Å². The lowest BCUT2D eigenvalue weighted by Gasteiger charge is -2.42. The predicted octanol–water partition coefficient (Wildman–Crippen LogP) is 8.13. The van der Waals surface area contributed by atoms with Crippen molar-refractivity contribution in [1.29, 1.82) is 0 Å². The smallest absolute Gasteiger partial charge is 0.190 e. The Hall–Kier alpha value is -1.90. The summed E-state index contributed by atoms with van der Waals surface area (Å²) in [6, 6.07) is 11.0. The Kier molecular flexibility index (Phi) is 6.75. The monoisotopic (exact) mass is 412 g/mol. The van der Waals surface area contributed by atoms with Crippen LogP contribution in [-0.2, 0) is 0 Å². The molecule has 2 aromatic carbocycles. The number of fused-ring (bicyclic) bond motifs is 1. The summed E-state index contributed by atoms with van der Waals surface area (Å²) < 4.78 is 32.9. The highest BCUT2D eigenvalue weighted by Crippen LogP contribution is 2.48. The maximum absolute atomic E-state index is 14.1. The quantitative estimate of drug-likeness (QED) is 0.465. The van der Waals surface area contributed by atoms with Crippen LogP contribution in [-0.4, -0.2) is 7.11 Å². The normalized spacial score (nSPS) is 26.3. The summed E-state index contributed by atoms with van der Waals surface area (Å²) in [4.78, 5) is 0. The maximum atomic E-state index is 14.1. The van der Waals surface area contributed by atoms with Crippen LogP contribution in [0.25, 0.3) is 11.1 Å². The Bertz CT molecular complexity index is 821. The van der Waals surface area contributed by atoms with Crippen LogP contribution in [0.5, 0.6) is 5.75 Å². The lowest BCUT2D eigenvalue weighted by Crippen LogP contribution is -2.30. The predicted molar refractivity (Wildman–Crippen MR) is 119 cm³/mol. The van der Waals surface area contributed by atoms with Crippen molar-refractivity contribution in [1.82, 2.24) is 0 Å². The molecule has 0 radical (unpaired) electrons. The van der Waals surface area contributed by atoms with Crippen LogP contribution in [0.4, 0.5) is 8.78 Å². The van der Waals surface area contributed by atoms with Crippen molar-refractivity contribution in [3.05, 3.63) is 53.6 Å². The Morgan fingerprint density at radius 1 is 0.867 bits per heavy atom. The summed E-state index contributed by atoms with van der Waals surface area (Å²) >= 11 is 0. The molecule has 0 amide bonds. The van der Waals surface area contributed by atoms with Gasteiger partial charge in [-0.25, -0.2) is 8.78 Å². The van der Waals surface area contributed by atoms with E-state index in [1.807, 2.05) is 12.1 Å². The molecule has 3 heteroatoms. The van der Waals surface area contributed by atoms with Gasteiger partial charge in [0.25, 0.3) is 0 Å². The molecule has 0 spiro atoms. The van der Waals surface area contributed by atoms with Gasteiger partial charge in [-0.3, -0.25) is 0 Å². The Morgan fingerprint density at radius 2 is 1.53 bits per heavy atom. The third-order valence-electron chi connectivity index (χ3n) is 7.61. The van der Waals surface area contributed by atoms with E-state index in [4.69, 9.17) is 4.74 Å². The van der Waals surface area contributed by atoms with E-state index >= 15 is 0 Å². The molecule has 2 saturated carbocycles. The number of rotatable bonds is 6. The molecule has 2 fully saturated rings. The molecule has 2 aliphatic carbocycles. The molecule has 1 unspecified atom stereocenters. The lowest BCUT2D eigenvalue weighted by atomic mass is 9.63. The highest BCUT2D eigenvalue weighted by Gasteiger charge is 2.35. The summed E-state index contributed by atoms with van der Waals surface area (Å²) in [6.45, 7) is 2.30. The van der Waals surface area contributed by atoms with E-state index in [1.165, 1.54) is 82.6 Å². The molecular formula is C27H34F2O. The van der Waals surface area contributed by atoms with Crippen LogP contribution < -0.4 is 4.74 Å². The zero-order valence-electron chi connectivity index (χ0n) is 18.3. The fourth-order valence-corrected chi connectivity index (χ4v) is 5.91. The highest BCUT2D eigenvalue weighted by atomic mass is 19.1. The molecular weight excluding hydrogens is 378 g/mol. The topological polar surface area (TPSA) is 9.23 Å². The SMILES string of the molecule is CCCCC1CC[C@@H]2C[C@H](c3ccc(-c4cc(F)c(OC)c(F)c4)cc3)CC[C@@H]2C1. The zero-order chi connectivity index (χ0) is 21.1. The van der Waals surface area contributed by atoms with E-state index in [9.17, 15) is 8.78 Å². The van der Waals surface area contributed by atoms with Crippen molar-refractivity contribution in [3.8, 4) is 16.9 Å². The second kappa shape index (κ2) is 9.49. The molecule has 0 saturated heterocycles. The average molecular weight is 413 g/mol. The molecule has 0 N–H and O–H groups in total. The van der Waals surface area contributed by atoms with Gasteiger partial charge < -0.3 is 4.74 Å². The van der Waals surface area contributed by atoms with Gasteiger partial charge >= 0.3 is 0 Å². The molecule has 0 aromatic heterocycles. The molecule has 2 aromatic rings. The fraction of sp³-hybridized carbons (Fsp3) is 0.556. The minimum atomic E-state index is -0.663. The van der Waals surface area contributed by atoms with E-state index in [1.54, 1.807) is 0 Å². The first-order valence-electron chi connectivity index (χ1n) is 11.7. The second-order valence-electron chi connectivity index (χ2n) is 9.45. The number of unbranched alkanes of at least 4 members (excludes halogenated alkanes) is 1. The Balaban J connectivity index is 1.41. The van der Waals surface area contributed by atoms with Crippen LogP contribution >= 0.6 is 0 Å². The van der Waals surface area contributed by atoms with Crippen LogP contribution in [0, 0.1) is 29.4 Å². The lowest BCUT2D eigenvalue weighted by molar-refractivity contribution is 0.113. The third kappa shape index (κ3) is 4.55. The van der Waals surface area contributed by atoms with Crippen LogP contribution in [0.1, 0.15) is 76.2 Å². The van der Waals surface area contributed by atoms with Gasteiger partial charge in [-0.2, -0.15) is 0 Å². The van der Waals surface area contributed by atoms with Crippen molar-refractivity contribution in [2.45, 2.75) is 70.6 Å². The minimum Gasteiger partial charge on any atom is -0.491 e.